The fourth-order valence-corrected chi connectivity index (χ4v) is 4.80. The van der Waals surface area contributed by atoms with E-state index in [1.54, 1.807) is 7.11 Å². The standard InChI is InChI=1S/C33H51O2/c1-3-4-5-6-7-8-9-10-11-12-13-14-15-16-17-18-19-24-29-35-33-28-23-21-26-31(33)30-25-20-22-27-32(30)34-2/h20-23,25-27H,3-19,24,29H2,1-2H3. The second-order valence-corrected chi connectivity index (χ2v) is 9.97. The van der Waals surface area contributed by atoms with Gasteiger partial charge in [-0.2, -0.15) is 0 Å². The zero-order chi connectivity index (χ0) is 24.8. The van der Waals surface area contributed by atoms with Crippen LogP contribution in [0.5, 0.6) is 11.5 Å². The van der Waals surface area contributed by atoms with Crippen LogP contribution >= 0.6 is 0 Å². The van der Waals surface area contributed by atoms with Crippen LogP contribution in [0.1, 0.15) is 122 Å². The summed E-state index contributed by atoms with van der Waals surface area (Å²) in [6, 6.07) is 17.4. The normalized spacial score (nSPS) is 11.0. The van der Waals surface area contributed by atoms with Gasteiger partial charge in [-0.25, -0.2) is 0 Å². The van der Waals surface area contributed by atoms with E-state index < -0.39 is 0 Å². The van der Waals surface area contributed by atoms with Gasteiger partial charge in [0.15, 0.2) is 0 Å². The second-order valence-electron chi connectivity index (χ2n) is 9.97. The summed E-state index contributed by atoms with van der Waals surface area (Å²) in [5, 5.41) is 0. The van der Waals surface area contributed by atoms with Crippen LogP contribution in [0.2, 0.25) is 0 Å². The van der Waals surface area contributed by atoms with Gasteiger partial charge in [0, 0.05) is 17.2 Å². The molecule has 0 aliphatic rings. The monoisotopic (exact) mass is 479 g/mol. The molecule has 2 rings (SSSR count). The van der Waals surface area contributed by atoms with Crippen molar-refractivity contribution >= 4 is 0 Å². The molecule has 1 radical (unpaired) electrons. The molecular weight excluding hydrogens is 428 g/mol. The van der Waals surface area contributed by atoms with Crippen LogP contribution in [0.15, 0.2) is 42.5 Å². The van der Waals surface area contributed by atoms with Crippen molar-refractivity contribution < 1.29 is 9.47 Å². The predicted octanol–water partition coefficient (Wildman–Crippen LogP) is 10.6. The first-order chi connectivity index (χ1) is 17.4. The first-order valence-electron chi connectivity index (χ1n) is 14.6. The zero-order valence-electron chi connectivity index (χ0n) is 22.8. The molecular formula is C33H51O2. The van der Waals surface area contributed by atoms with E-state index in [1.165, 1.54) is 109 Å². The molecule has 0 amide bonds. The van der Waals surface area contributed by atoms with Gasteiger partial charge in [-0.1, -0.05) is 152 Å². The minimum atomic E-state index is 0.751. The summed E-state index contributed by atoms with van der Waals surface area (Å²) < 4.78 is 11.6. The van der Waals surface area contributed by atoms with Crippen LogP contribution in [0.4, 0.5) is 0 Å². The first-order valence-corrected chi connectivity index (χ1v) is 14.6. The van der Waals surface area contributed by atoms with Gasteiger partial charge in [-0.15, -0.1) is 0 Å². The van der Waals surface area contributed by atoms with Gasteiger partial charge in [0.1, 0.15) is 11.5 Å². The maximum atomic E-state index is 6.11. The molecule has 0 bridgehead atoms. The molecule has 0 aliphatic carbocycles. The minimum absolute atomic E-state index is 0.751. The molecule has 0 atom stereocenters. The van der Waals surface area contributed by atoms with E-state index in [1.807, 2.05) is 30.3 Å². The largest absolute Gasteiger partial charge is 0.496 e. The average Bonchev–Trinajstić information content (AvgIpc) is 2.90. The number of para-hydroxylation sites is 2. The Hall–Kier alpha value is -1.96. The van der Waals surface area contributed by atoms with E-state index >= 15 is 0 Å². The van der Waals surface area contributed by atoms with Crippen LogP contribution in [0.3, 0.4) is 0 Å². The lowest BCUT2D eigenvalue weighted by molar-refractivity contribution is 0.304. The van der Waals surface area contributed by atoms with Crippen molar-refractivity contribution in [2.75, 3.05) is 13.7 Å². The third-order valence-corrected chi connectivity index (χ3v) is 6.96. The van der Waals surface area contributed by atoms with Crippen LogP contribution in [0, 0.1) is 6.07 Å². The van der Waals surface area contributed by atoms with Gasteiger partial charge in [-0.05, 0) is 12.5 Å². The molecule has 0 aliphatic heterocycles. The van der Waals surface area contributed by atoms with E-state index in [2.05, 4.69) is 25.1 Å². The summed E-state index contributed by atoms with van der Waals surface area (Å²) >= 11 is 0. The van der Waals surface area contributed by atoms with Gasteiger partial charge < -0.3 is 9.47 Å². The van der Waals surface area contributed by atoms with Crippen molar-refractivity contribution in [3.8, 4) is 22.6 Å². The highest BCUT2D eigenvalue weighted by Crippen LogP contribution is 2.35. The Morgan fingerprint density at radius 2 is 1.06 bits per heavy atom. The Labute approximate surface area is 216 Å². The second kappa shape index (κ2) is 20.3. The minimum Gasteiger partial charge on any atom is -0.496 e. The summed E-state index contributed by atoms with van der Waals surface area (Å²) in [6.45, 7) is 3.05. The van der Waals surface area contributed by atoms with E-state index in [0.29, 0.717) is 0 Å². The Morgan fingerprint density at radius 1 is 0.571 bits per heavy atom. The summed E-state index contributed by atoms with van der Waals surface area (Å²) in [7, 11) is 1.71. The number of benzene rings is 2. The third kappa shape index (κ3) is 13.1. The van der Waals surface area contributed by atoms with Crippen molar-refractivity contribution in [2.45, 2.75) is 122 Å². The first kappa shape index (κ1) is 29.3. The highest BCUT2D eigenvalue weighted by molar-refractivity contribution is 5.75. The summed E-state index contributed by atoms with van der Waals surface area (Å²) in [5.74, 6) is 1.69. The number of unbranched alkanes of at least 4 members (excludes halogenated alkanes) is 17. The van der Waals surface area contributed by atoms with Crippen LogP contribution in [-0.4, -0.2) is 13.7 Å². The molecule has 0 N–H and O–H groups in total. The predicted molar refractivity (Wildman–Crippen MR) is 152 cm³/mol. The molecule has 35 heavy (non-hydrogen) atoms. The van der Waals surface area contributed by atoms with Crippen molar-refractivity contribution in [3.05, 3.63) is 48.5 Å². The highest BCUT2D eigenvalue weighted by Gasteiger charge is 2.10. The number of hydrogen-bond acceptors (Lipinski definition) is 2. The Bertz CT molecular complexity index is 754. The number of hydrogen-bond donors (Lipinski definition) is 0. The lowest BCUT2D eigenvalue weighted by Gasteiger charge is -2.13. The molecule has 0 fully saturated rings. The molecule has 0 spiro atoms. The molecule has 2 aromatic rings. The summed E-state index contributed by atoms with van der Waals surface area (Å²) in [4.78, 5) is 0. The van der Waals surface area contributed by atoms with Gasteiger partial charge >= 0.3 is 0 Å². The maximum Gasteiger partial charge on any atom is 0.135 e. The van der Waals surface area contributed by atoms with E-state index in [-0.39, 0.29) is 0 Å². The number of ether oxygens (including phenoxy) is 2. The van der Waals surface area contributed by atoms with E-state index in [4.69, 9.17) is 9.47 Å². The average molecular weight is 480 g/mol. The van der Waals surface area contributed by atoms with Crippen molar-refractivity contribution in [1.82, 2.24) is 0 Å². The maximum absolute atomic E-state index is 6.11. The topological polar surface area (TPSA) is 18.5 Å². The smallest absolute Gasteiger partial charge is 0.135 e. The number of rotatable bonds is 22. The lowest BCUT2D eigenvalue weighted by Crippen LogP contribution is -1.99. The fraction of sp³-hybridized carbons (Fsp3) is 0.636. The Balaban J connectivity index is 1.42. The Kier molecular flexibility index (Phi) is 16.9. The number of methoxy groups -OCH3 is 1. The van der Waals surface area contributed by atoms with Crippen molar-refractivity contribution in [1.29, 1.82) is 0 Å². The molecule has 195 valence electrons. The molecule has 2 aromatic carbocycles. The van der Waals surface area contributed by atoms with Crippen molar-refractivity contribution in [3.63, 3.8) is 0 Å². The summed E-state index contributed by atoms with van der Waals surface area (Å²) in [5.41, 5.74) is 2.10. The van der Waals surface area contributed by atoms with E-state index in [9.17, 15) is 0 Å². The summed E-state index contributed by atoms with van der Waals surface area (Å²) in [6.07, 6.45) is 25.1. The lowest BCUT2D eigenvalue weighted by atomic mass is 10.0. The fourth-order valence-electron chi connectivity index (χ4n) is 4.80. The van der Waals surface area contributed by atoms with Gasteiger partial charge in [0.05, 0.1) is 13.7 Å². The SMILES string of the molecule is CCCCCCCCCCCCCCCCCCCCOc1[c]cccc1-c1ccccc1OC. The van der Waals surface area contributed by atoms with Crippen LogP contribution in [0.25, 0.3) is 11.1 Å². The molecule has 2 heteroatoms. The molecule has 0 saturated heterocycles. The quantitative estimate of drug-likeness (QED) is 0.156. The van der Waals surface area contributed by atoms with Gasteiger partial charge in [-0.3, -0.25) is 0 Å². The zero-order valence-corrected chi connectivity index (χ0v) is 22.8. The van der Waals surface area contributed by atoms with E-state index in [0.717, 1.165) is 35.7 Å². The highest BCUT2D eigenvalue weighted by atomic mass is 16.5. The molecule has 0 aromatic heterocycles. The van der Waals surface area contributed by atoms with Gasteiger partial charge in [0.25, 0.3) is 0 Å². The van der Waals surface area contributed by atoms with Crippen molar-refractivity contribution in [2.24, 2.45) is 0 Å². The third-order valence-electron chi connectivity index (χ3n) is 6.96. The molecule has 2 nitrogen and oxygen atoms in total. The van der Waals surface area contributed by atoms with Crippen LogP contribution in [-0.2, 0) is 0 Å². The Morgan fingerprint density at radius 3 is 1.60 bits per heavy atom. The van der Waals surface area contributed by atoms with Gasteiger partial charge in [0.2, 0.25) is 0 Å². The molecule has 0 saturated carbocycles. The van der Waals surface area contributed by atoms with Crippen LogP contribution < -0.4 is 9.47 Å². The molecule has 0 unspecified atom stereocenters. The molecule has 0 heterocycles.